The quantitative estimate of drug-likeness (QED) is 0.493. The van der Waals surface area contributed by atoms with E-state index in [0.29, 0.717) is 10.9 Å². The van der Waals surface area contributed by atoms with Crippen LogP contribution < -0.4 is 9.64 Å². The van der Waals surface area contributed by atoms with Gasteiger partial charge in [-0.05, 0) is 42.5 Å². The summed E-state index contributed by atoms with van der Waals surface area (Å²) in [6.07, 6.45) is 5.14. The molecule has 0 spiro atoms. The third-order valence-electron chi connectivity index (χ3n) is 5.99. The molecule has 2 fully saturated rings. The Bertz CT molecular complexity index is 1120. The Hall–Kier alpha value is -2.99. The molecule has 4 atom stereocenters. The van der Waals surface area contributed by atoms with Crippen LogP contribution in [-0.2, 0) is 9.59 Å². The number of amides is 2. The predicted molar refractivity (Wildman–Crippen MR) is 106 cm³/mol. The highest BCUT2D eigenvalue weighted by atomic mass is 32.1. The molecule has 2 heterocycles. The summed E-state index contributed by atoms with van der Waals surface area (Å²) in [4.78, 5) is 31.9. The van der Waals surface area contributed by atoms with E-state index in [9.17, 15) is 9.59 Å². The Morgan fingerprint density at radius 3 is 2.36 bits per heavy atom. The maximum absolute atomic E-state index is 13.0. The number of imide groups is 1. The molecule has 28 heavy (non-hydrogen) atoms. The fourth-order valence-electron chi connectivity index (χ4n) is 4.77. The number of fused-ring (bicyclic) bond motifs is 6. The minimum absolute atomic E-state index is 0.0911. The largest absolute Gasteiger partial charge is 0.457 e. The Balaban J connectivity index is 1.33. The van der Waals surface area contributed by atoms with E-state index in [2.05, 4.69) is 17.1 Å². The molecule has 2 aromatic carbocycles. The van der Waals surface area contributed by atoms with Crippen LogP contribution in [0.4, 0.5) is 5.13 Å². The van der Waals surface area contributed by atoms with Crippen LogP contribution in [0.2, 0.25) is 0 Å². The first kappa shape index (κ1) is 16.0. The molecule has 6 rings (SSSR count). The van der Waals surface area contributed by atoms with Crippen molar-refractivity contribution >= 4 is 38.5 Å². The van der Waals surface area contributed by atoms with Crippen molar-refractivity contribution in [3.05, 3.63) is 60.7 Å². The van der Waals surface area contributed by atoms with Crippen molar-refractivity contribution in [2.24, 2.45) is 23.7 Å². The van der Waals surface area contributed by atoms with Gasteiger partial charge in [0.1, 0.15) is 11.5 Å². The van der Waals surface area contributed by atoms with Gasteiger partial charge in [0.15, 0.2) is 5.13 Å². The van der Waals surface area contributed by atoms with E-state index in [0.717, 1.165) is 22.4 Å². The van der Waals surface area contributed by atoms with Gasteiger partial charge in [-0.2, -0.15) is 0 Å². The van der Waals surface area contributed by atoms with Crippen LogP contribution in [0.5, 0.6) is 11.5 Å². The van der Waals surface area contributed by atoms with Crippen LogP contribution in [0.3, 0.4) is 0 Å². The molecule has 1 saturated heterocycles. The smallest absolute Gasteiger partial charge is 0.240 e. The first-order valence-corrected chi connectivity index (χ1v) is 10.2. The summed E-state index contributed by atoms with van der Waals surface area (Å²) in [5.74, 6) is 1.28. The van der Waals surface area contributed by atoms with Crippen molar-refractivity contribution < 1.29 is 14.3 Å². The second kappa shape index (κ2) is 5.75. The van der Waals surface area contributed by atoms with Crippen LogP contribution >= 0.6 is 11.3 Å². The van der Waals surface area contributed by atoms with Gasteiger partial charge in [0, 0.05) is 6.07 Å². The number of carbonyl (C=O) groups is 2. The minimum atomic E-state index is -0.202. The van der Waals surface area contributed by atoms with Gasteiger partial charge < -0.3 is 4.74 Å². The molecule has 2 bridgehead atoms. The molecule has 138 valence electrons. The Morgan fingerprint density at radius 2 is 1.64 bits per heavy atom. The average molecular weight is 388 g/mol. The van der Waals surface area contributed by atoms with Gasteiger partial charge in [0.2, 0.25) is 11.8 Å². The van der Waals surface area contributed by atoms with Crippen LogP contribution in [-0.4, -0.2) is 16.8 Å². The SMILES string of the molecule is O=C1[C@@H]2[C@H](C(=O)N1c1nc3ccc(Oc4ccccc4)cc3s1)[C@@H]1C=C[C@H]2C1. The zero-order valence-corrected chi connectivity index (χ0v) is 15.6. The fraction of sp³-hybridized carbons (Fsp3) is 0.227. The molecule has 1 saturated carbocycles. The van der Waals surface area contributed by atoms with Crippen LogP contribution in [0.15, 0.2) is 60.7 Å². The predicted octanol–water partition coefficient (Wildman–Crippen LogP) is 4.40. The highest BCUT2D eigenvalue weighted by molar-refractivity contribution is 7.22. The topological polar surface area (TPSA) is 59.5 Å². The Kier molecular flexibility index (Phi) is 3.29. The average Bonchev–Trinajstić information content (AvgIpc) is 3.45. The van der Waals surface area contributed by atoms with Crippen molar-refractivity contribution in [2.45, 2.75) is 6.42 Å². The monoisotopic (exact) mass is 388 g/mol. The van der Waals surface area contributed by atoms with Crippen LogP contribution in [0.25, 0.3) is 10.2 Å². The van der Waals surface area contributed by atoms with Gasteiger partial charge in [-0.15, -0.1) is 0 Å². The van der Waals surface area contributed by atoms with Crippen LogP contribution in [0.1, 0.15) is 6.42 Å². The van der Waals surface area contributed by atoms with E-state index in [1.54, 1.807) is 0 Å². The standard InChI is InChI=1S/C22H16N2O3S/c25-20-18-12-6-7-13(10-12)19(18)21(26)24(20)22-23-16-9-8-15(11-17(16)28-22)27-14-4-2-1-3-5-14/h1-9,11-13,18-19H,10H2/t12-,13+,18-,19+. The van der Waals surface area contributed by atoms with Crippen molar-refractivity contribution in [1.29, 1.82) is 0 Å². The van der Waals surface area contributed by atoms with Gasteiger partial charge in [-0.25, -0.2) is 9.88 Å². The highest BCUT2D eigenvalue weighted by Gasteiger charge is 2.60. The lowest BCUT2D eigenvalue weighted by Crippen LogP contribution is -2.32. The molecule has 6 heteroatoms. The summed E-state index contributed by atoms with van der Waals surface area (Å²) >= 11 is 1.36. The molecule has 0 radical (unpaired) electrons. The lowest BCUT2D eigenvalue weighted by atomic mass is 9.85. The Morgan fingerprint density at radius 1 is 0.929 bits per heavy atom. The zero-order valence-electron chi connectivity index (χ0n) is 14.8. The van der Waals surface area contributed by atoms with Gasteiger partial charge in [0.25, 0.3) is 0 Å². The van der Waals surface area contributed by atoms with Crippen molar-refractivity contribution in [3.8, 4) is 11.5 Å². The van der Waals surface area contributed by atoms with E-state index < -0.39 is 0 Å². The lowest BCUT2D eigenvalue weighted by molar-refractivity contribution is -0.123. The second-order valence-electron chi connectivity index (χ2n) is 7.55. The summed E-state index contributed by atoms with van der Waals surface area (Å²) in [5.41, 5.74) is 0.763. The van der Waals surface area contributed by atoms with Gasteiger partial charge in [-0.1, -0.05) is 41.7 Å². The summed E-state index contributed by atoms with van der Waals surface area (Å²) in [5, 5.41) is 0.468. The van der Waals surface area contributed by atoms with E-state index in [1.807, 2.05) is 48.5 Å². The number of anilines is 1. The summed E-state index contributed by atoms with van der Waals surface area (Å²) < 4.78 is 6.77. The minimum Gasteiger partial charge on any atom is -0.457 e. The number of nitrogens with zero attached hydrogens (tertiary/aromatic N) is 2. The number of carbonyl (C=O) groups excluding carboxylic acids is 2. The normalized spacial score (nSPS) is 27.8. The Labute approximate surface area is 165 Å². The number of thiazole rings is 1. The first-order chi connectivity index (χ1) is 13.7. The maximum atomic E-state index is 13.0. The molecular weight excluding hydrogens is 372 g/mol. The van der Waals surface area contributed by atoms with Gasteiger partial charge in [-0.3, -0.25) is 9.59 Å². The summed E-state index contributed by atoms with van der Waals surface area (Å²) in [6.45, 7) is 0. The maximum Gasteiger partial charge on any atom is 0.240 e. The molecule has 2 amide bonds. The molecule has 5 nitrogen and oxygen atoms in total. The number of hydrogen-bond donors (Lipinski definition) is 0. The number of ether oxygens (including phenoxy) is 1. The number of hydrogen-bond acceptors (Lipinski definition) is 5. The number of allylic oxidation sites excluding steroid dienone is 2. The molecule has 0 unspecified atom stereocenters. The molecule has 1 aliphatic heterocycles. The highest BCUT2D eigenvalue weighted by Crippen LogP contribution is 2.53. The third-order valence-corrected chi connectivity index (χ3v) is 6.99. The van der Waals surface area contributed by atoms with Crippen LogP contribution in [0, 0.1) is 23.7 Å². The molecule has 2 aliphatic carbocycles. The second-order valence-corrected chi connectivity index (χ2v) is 8.56. The zero-order chi connectivity index (χ0) is 18.8. The van der Waals surface area contributed by atoms with E-state index >= 15 is 0 Å². The number of aromatic nitrogens is 1. The molecule has 3 aliphatic rings. The van der Waals surface area contributed by atoms with E-state index in [1.165, 1.54) is 16.2 Å². The van der Waals surface area contributed by atoms with Crippen molar-refractivity contribution in [3.63, 3.8) is 0 Å². The van der Waals surface area contributed by atoms with Gasteiger partial charge in [0.05, 0.1) is 22.1 Å². The van der Waals surface area contributed by atoms with Gasteiger partial charge >= 0.3 is 0 Å². The molecule has 1 aromatic heterocycles. The lowest BCUT2D eigenvalue weighted by Gasteiger charge is -2.14. The number of rotatable bonds is 3. The summed E-state index contributed by atoms with van der Waals surface area (Å²) in [6, 6.07) is 15.2. The van der Waals surface area contributed by atoms with Crippen molar-refractivity contribution in [1.82, 2.24) is 4.98 Å². The third kappa shape index (κ3) is 2.21. The van der Waals surface area contributed by atoms with E-state index in [4.69, 9.17) is 4.74 Å². The summed E-state index contributed by atoms with van der Waals surface area (Å²) in [7, 11) is 0. The molecule has 0 N–H and O–H groups in total. The molecule has 3 aromatic rings. The first-order valence-electron chi connectivity index (χ1n) is 9.39. The van der Waals surface area contributed by atoms with E-state index in [-0.39, 0.29) is 35.5 Å². The van der Waals surface area contributed by atoms with Crippen molar-refractivity contribution in [2.75, 3.05) is 4.90 Å². The number of para-hydroxylation sites is 1. The number of benzene rings is 2. The molecular formula is C22H16N2O3S. The fourth-order valence-corrected chi connectivity index (χ4v) is 5.77.